The second-order valence-electron chi connectivity index (χ2n) is 9.01. The van der Waals surface area contributed by atoms with Crippen LogP contribution < -0.4 is 10.1 Å². The van der Waals surface area contributed by atoms with Crippen molar-refractivity contribution in [3.05, 3.63) is 74.3 Å². The summed E-state index contributed by atoms with van der Waals surface area (Å²) in [5.41, 5.74) is 2.50. The molecule has 0 spiro atoms. The van der Waals surface area contributed by atoms with E-state index in [0.29, 0.717) is 33.4 Å². The third-order valence-corrected chi connectivity index (χ3v) is 7.49. The van der Waals surface area contributed by atoms with Crippen LogP contribution in [0.3, 0.4) is 0 Å². The summed E-state index contributed by atoms with van der Waals surface area (Å²) in [6, 6.07) is 3.37. The molecule has 0 unspecified atom stereocenters. The van der Waals surface area contributed by atoms with Crippen molar-refractivity contribution in [1.82, 2.24) is 29.8 Å². The van der Waals surface area contributed by atoms with Gasteiger partial charge < -0.3 is 9.64 Å². The van der Waals surface area contributed by atoms with E-state index in [4.69, 9.17) is 16.3 Å². The van der Waals surface area contributed by atoms with Crippen LogP contribution in [0.5, 0.6) is 5.75 Å². The van der Waals surface area contributed by atoms with E-state index in [-0.39, 0.29) is 40.9 Å². The van der Waals surface area contributed by atoms with Crippen LogP contribution in [-0.4, -0.2) is 48.7 Å². The van der Waals surface area contributed by atoms with E-state index < -0.39 is 23.9 Å². The number of pyridine rings is 2. The van der Waals surface area contributed by atoms with Crippen molar-refractivity contribution in [3.8, 4) is 16.9 Å². The Hall–Kier alpha value is -4.10. The molecule has 4 aromatic rings. The summed E-state index contributed by atoms with van der Waals surface area (Å²) in [4.78, 5) is 49.5. The number of rotatable bonds is 6. The topological polar surface area (TPSA) is 123 Å². The van der Waals surface area contributed by atoms with E-state index in [1.807, 2.05) is 0 Å². The molecule has 206 valence electrons. The predicted octanol–water partition coefficient (Wildman–Crippen LogP) is 5.32. The molecule has 5 rings (SSSR count). The maximum absolute atomic E-state index is 13.3. The molecular formula is C26H22ClF2N7O3S. The molecule has 1 N–H and O–H groups in total. The van der Waals surface area contributed by atoms with Crippen molar-refractivity contribution in [2.75, 3.05) is 12.4 Å². The Balaban J connectivity index is 1.34. The van der Waals surface area contributed by atoms with Gasteiger partial charge in [-0.05, 0) is 32.9 Å². The highest BCUT2D eigenvalue weighted by atomic mass is 35.5. The average molecular weight is 586 g/mol. The number of aryl methyl sites for hydroxylation is 3. The number of hydrogen-bond acceptors (Lipinski definition) is 9. The molecule has 40 heavy (non-hydrogen) atoms. The van der Waals surface area contributed by atoms with E-state index in [1.54, 1.807) is 19.1 Å². The number of anilines is 1. The molecule has 4 aromatic heterocycles. The van der Waals surface area contributed by atoms with Crippen molar-refractivity contribution in [2.24, 2.45) is 0 Å². The van der Waals surface area contributed by atoms with Crippen LogP contribution in [0.25, 0.3) is 11.1 Å². The molecule has 0 saturated heterocycles. The third kappa shape index (κ3) is 5.21. The first kappa shape index (κ1) is 27.5. The second kappa shape index (κ2) is 10.8. The van der Waals surface area contributed by atoms with Crippen LogP contribution in [0.4, 0.5) is 13.9 Å². The number of methoxy groups -OCH3 is 1. The molecule has 1 aliphatic heterocycles. The molecule has 5 heterocycles. The molecule has 10 nitrogen and oxygen atoms in total. The zero-order valence-electron chi connectivity index (χ0n) is 21.8. The number of nitrogens with zero attached hydrogens (tertiary/aromatic N) is 6. The molecule has 0 saturated carbocycles. The van der Waals surface area contributed by atoms with Crippen LogP contribution in [0, 0.1) is 20.8 Å². The van der Waals surface area contributed by atoms with Gasteiger partial charge in [0.2, 0.25) is 0 Å². The number of thiazole rings is 1. The minimum absolute atomic E-state index is 0.0117. The fourth-order valence-corrected chi connectivity index (χ4v) is 5.47. The normalized spacial score (nSPS) is 12.6. The zero-order valence-corrected chi connectivity index (χ0v) is 23.3. The highest BCUT2D eigenvalue weighted by molar-refractivity contribution is 7.16. The lowest BCUT2D eigenvalue weighted by molar-refractivity contribution is 0.0741. The van der Waals surface area contributed by atoms with Gasteiger partial charge in [-0.1, -0.05) is 22.9 Å². The van der Waals surface area contributed by atoms with Gasteiger partial charge in [-0.15, -0.1) is 0 Å². The minimum Gasteiger partial charge on any atom is -0.494 e. The third-order valence-electron chi connectivity index (χ3n) is 6.28. The lowest BCUT2D eigenvalue weighted by Gasteiger charge is -2.17. The van der Waals surface area contributed by atoms with E-state index >= 15 is 0 Å². The van der Waals surface area contributed by atoms with Crippen LogP contribution >= 0.6 is 22.9 Å². The number of alkyl halides is 2. The smallest absolute Gasteiger partial charge is 0.282 e. The zero-order chi connectivity index (χ0) is 28.7. The standard InChI is InChI=1S/C26H22ClF2N7O3S/c1-11-5-14(15-6-20(27)31-8-18(15)39-4)16(7-30-11)24(37)35-26-34-17-9-36(10-19(17)40-26)25(38)22-13(3)32-21(23(28)29)12(2)33-22/h5-8,23H,9-10H2,1-4H3,(H,34,35,37). The maximum atomic E-state index is 13.3. The molecular weight excluding hydrogens is 564 g/mol. The van der Waals surface area contributed by atoms with Gasteiger partial charge in [0.15, 0.2) is 5.13 Å². The predicted molar refractivity (Wildman–Crippen MR) is 144 cm³/mol. The number of hydrogen-bond donors (Lipinski definition) is 1. The van der Waals surface area contributed by atoms with Gasteiger partial charge >= 0.3 is 0 Å². The molecule has 1 aliphatic rings. The van der Waals surface area contributed by atoms with Crippen LogP contribution in [0.1, 0.15) is 60.6 Å². The number of carbonyl (C=O) groups excluding carboxylic acids is 2. The Morgan fingerprint density at radius 1 is 1.05 bits per heavy atom. The summed E-state index contributed by atoms with van der Waals surface area (Å²) in [7, 11) is 1.50. The molecule has 0 fully saturated rings. The van der Waals surface area contributed by atoms with Gasteiger partial charge in [-0.2, -0.15) is 0 Å². The Morgan fingerprint density at radius 2 is 1.82 bits per heavy atom. The first-order valence-electron chi connectivity index (χ1n) is 11.9. The molecule has 0 radical (unpaired) electrons. The Kier molecular flexibility index (Phi) is 7.43. The highest BCUT2D eigenvalue weighted by Crippen LogP contribution is 2.36. The Labute approximate surface area is 236 Å². The van der Waals surface area contributed by atoms with Gasteiger partial charge in [0, 0.05) is 23.0 Å². The molecule has 0 atom stereocenters. The van der Waals surface area contributed by atoms with Crippen molar-refractivity contribution in [2.45, 2.75) is 40.3 Å². The molecule has 0 bridgehead atoms. The van der Waals surface area contributed by atoms with E-state index in [9.17, 15) is 18.4 Å². The summed E-state index contributed by atoms with van der Waals surface area (Å²) in [6.07, 6.45) is 0.179. The number of carbonyl (C=O) groups is 2. The van der Waals surface area contributed by atoms with Crippen molar-refractivity contribution < 1.29 is 23.1 Å². The van der Waals surface area contributed by atoms with Crippen molar-refractivity contribution >= 4 is 39.9 Å². The number of amides is 2. The van der Waals surface area contributed by atoms with Crippen molar-refractivity contribution in [1.29, 1.82) is 0 Å². The summed E-state index contributed by atoms with van der Waals surface area (Å²) < 4.78 is 31.7. The van der Waals surface area contributed by atoms with Gasteiger partial charge in [0.1, 0.15) is 22.3 Å². The minimum atomic E-state index is -2.77. The number of halogens is 3. The first-order valence-corrected chi connectivity index (χ1v) is 13.1. The van der Waals surface area contributed by atoms with E-state index in [0.717, 1.165) is 4.88 Å². The lowest BCUT2D eigenvalue weighted by atomic mass is 10.0. The van der Waals surface area contributed by atoms with Crippen LogP contribution in [-0.2, 0) is 13.1 Å². The number of ether oxygens (including phenoxy) is 1. The van der Waals surface area contributed by atoms with Gasteiger partial charge in [-0.25, -0.2) is 28.7 Å². The van der Waals surface area contributed by atoms with Crippen LogP contribution in [0.2, 0.25) is 5.15 Å². The van der Waals surface area contributed by atoms with Gasteiger partial charge in [0.25, 0.3) is 18.2 Å². The maximum Gasteiger partial charge on any atom is 0.282 e. The summed E-state index contributed by atoms with van der Waals surface area (Å²) in [5.74, 6) is -0.413. The Morgan fingerprint density at radius 3 is 2.52 bits per heavy atom. The number of fused-ring (bicyclic) bond motifs is 1. The SMILES string of the molecule is COc1cnc(Cl)cc1-c1cc(C)ncc1C(=O)Nc1nc2c(s1)CN(C(=O)c1nc(C)c(C(F)F)nc1C)C2. The average Bonchev–Trinajstić information content (AvgIpc) is 3.48. The largest absolute Gasteiger partial charge is 0.494 e. The van der Waals surface area contributed by atoms with E-state index in [1.165, 1.54) is 49.6 Å². The molecule has 2 amide bonds. The number of aromatic nitrogens is 5. The van der Waals surface area contributed by atoms with Gasteiger partial charge in [0.05, 0.1) is 53.9 Å². The summed E-state index contributed by atoms with van der Waals surface area (Å²) in [5, 5.41) is 3.43. The van der Waals surface area contributed by atoms with E-state index in [2.05, 4.69) is 30.2 Å². The van der Waals surface area contributed by atoms with Crippen LogP contribution in [0.15, 0.2) is 24.5 Å². The molecule has 14 heteroatoms. The Bertz CT molecular complexity index is 1640. The van der Waals surface area contributed by atoms with Crippen molar-refractivity contribution in [3.63, 3.8) is 0 Å². The van der Waals surface area contributed by atoms with Gasteiger partial charge in [-0.3, -0.25) is 19.9 Å². The fraction of sp³-hybridized carbons (Fsp3) is 0.269. The second-order valence-corrected chi connectivity index (χ2v) is 10.5. The summed E-state index contributed by atoms with van der Waals surface area (Å²) in [6.45, 7) is 5.10. The monoisotopic (exact) mass is 585 g/mol. The molecule has 0 aromatic carbocycles. The number of nitrogens with one attached hydrogen (secondary N) is 1. The quantitative estimate of drug-likeness (QED) is 0.302. The first-order chi connectivity index (χ1) is 19.0. The highest BCUT2D eigenvalue weighted by Gasteiger charge is 2.31. The molecule has 0 aliphatic carbocycles. The lowest BCUT2D eigenvalue weighted by Crippen LogP contribution is -2.28. The summed E-state index contributed by atoms with van der Waals surface area (Å²) >= 11 is 7.36. The fourth-order valence-electron chi connectivity index (χ4n) is 4.34.